The van der Waals surface area contributed by atoms with Crippen molar-refractivity contribution < 1.29 is 12.8 Å². The van der Waals surface area contributed by atoms with Crippen LogP contribution in [-0.2, 0) is 10.0 Å². The molecular formula is C15H18FNO2S. The zero-order valence-corrected chi connectivity index (χ0v) is 12.8. The summed E-state index contributed by atoms with van der Waals surface area (Å²) in [4.78, 5) is 0.104. The van der Waals surface area contributed by atoms with Crippen molar-refractivity contribution in [2.75, 3.05) is 0 Å². The van der Waals surface area contributed by atoms with Crippen molar-refractivity contribution in [3.05, 3.63) is 41.7 Å². The van der Waals surface area contributed by atoms with Gasteiger partial charge in [-0.1, -0.05) is 18.2 Å². The summed E-state index contributed by atoms with van der Waals surface area (Å²) >= 11 is 0. The van der Waals surface area contributed by atoms with Crippen molar-refractivity contribution in [3.63, 3.8) is 0 Å². The highest BCUT2D eigenvalue weighted by atomic mass is 32.2. The Bertz CT molecular complexity index is 753. The van der Waals surface area contributed by atoms with Crippen LogP contribution < -0.4 is 4.72 Å². The lowest BCUT2D eigenvalue weighted by Crippen LogP contribution is -2.40. The Morgan fingerprint density at radius 2 is 1.75 bits per heavy atom. The highest BCUT2D eigenvalue weighted by Crippen LogP contribution is 2.28. The average molecular weight is 295 g/mol. The minimum absolute atomic E-state index is 0.104. The highest BCUT2D eigenvalue weighted by Gasteiger charge is 2.24. The van der Waals surface area contributed by atoms with Gasteiger partial charge in [-0.25, -0.2) is 17.5 Å². The van der Waals surface area contributed by atoms with Crippen LogP contribution in [0.25, 0.3) is 10.8 Å². The number of rotatable bonds is 2. The molecule has 0 spiro atoms. The van der Waals surface area contributed by atoms with Crippen molar-refractivity contribution >= 4 is 20.8 Å². The molecule has 0 bridgehead atoms. The third-order valence-electron chi connectivity index (χ3n) is 2.89. The van der Waals surface area contributed by atoms with E-state index in [-0.39, 0.29) is 4.90 Å². The molecular weight excluding hydrogens is 277 g/mol. The van der Waals surface area contributed by atoms with Crippen LogP contribution in [0.1, 0.15) is 26.3 Å². The van der Waals surface area contributed by atoms with Gasteiger partial charge in [0.25, 0.3) is 0 Å². The Morgan fingerprint density at radius 1 is 1.10 bits per heavy atom. The van der Waals surface area contributed by atoms with E-state index in [2.05, 4.69) is 4.72 Å². The van der Waals surface area contributed by atoms with Gasteiger partial charge in [-0.05, 0) is 45.4 Å². The molecule has 0 saturated carbocycles. The first-order valence-electron chi connectivity index (χ1n) is 6.34. The zero-order chi connectivity index (χ0) is 15.1. The summed E-state index contributed by atoms with van der Waals surface area (Å²) in [5.74, 6) is -0.409. The van der Waals surface area contributed by atoms with E-state index < -0.39 is 21.4 Å². The number of nitrogens with one attached hydrogen (secondary N) is 1. The van der Waals surface area contributed by atoms with Crippen LogP contribution in [0.5, 0.6) is 0 Å². The lowest BCUT2D eigenvalue weighted by Gasteiger charge is -2.21. The molecule has 2 aromatic rings. The smallest absolute Gasteiger partial charge is 0.207 e. The van der Waals surface area contributed by atoms with Gasteiger partial charge >= 0.3 is 0 Å². The van der Waals surface area contributed by atoms with Gasteiger partial charge in [0.15, 0.2) is 0 Å². The maximum absolute atomic E-state index is 13.9. The number of sulfonamides is 1. The van der Waals surface area contributed by atoms with Crippen LogP contribution in [0.2, 0.25) is 0 Å². The molecule has 0 heterocycles. The lowest BCUT2D eigenvalue weighted by atomic mass is 10.1. The number of benzene rings is 2. The Morgan fingerprint density at radius 3 is 2.35 bits per heavy atom. The van der Waals surface area contributed by atoms with Crippen molar-refractivity contribution in [1.82, 2.24) is 4.72 Å². The van der Waals surface area contributed by atoms with Gasteiger partial charge in [0.1, 0.15) is 5.82 Å². The molecule has 0 amide bonds. The summed E-state index contributed by atoms with van der Waals surface area (Å²) in [7, 11) is -3.69. The summed E-state index contributed by atoms with van der Waals surface area (Å²) in [5, 5.41) is 0.756. The third kappa shape index (κ3) is 2.83. The summed E-state index contributed by atoms with van der Waals surface area (Å²) in [6.45, 7) is 7.06. The lowest BCUT2D eigenvalue weighted by molar-refractivity contribution is 0.492. The van der Waals surface area contributed by atoms with Crippen molar-refractivity contribution in [1.29, 1.82) is 0 Å². The summed E-state index contributed by atoms with van der Waals surface area (Å²) in [5.41, 5.74) is 0.122. The highest BCUT2D eigenvalue weighted by molar-refractivity contribution is 7.89. The molecule has 0 aliphatic heterocycles. The summed E-state index contributed by atoms with van der Waals surface area (Å²) in [6, 6.07) is 7.63. The largest absolute Gasteiger partial charge is 0.241 e. The number of hydrogen-bond donors (Lipinski definition) is 1. The Hall–Kier alpha value is -1.46. The molecule has 0 atom stereocenters. The minimum Gasteiger partial charge on any atom is -0.207 e. The van der Waals surface area contributed by atoms with Gasteiger partial charge in [-0.2, -0.15) is 0 Å². The van der Waals surface area contributed by atoms with Crippen LogP contribution in [0, 0.1) is 12.7 Å². The Kier molecular flexibility index (Phi) is 3.60. The second kappa shape index (κ2) is 4.82. The minimum atomic E-state index is -3.69. The molecule has 0 aliphatic rings. The van der Waals surface area contributed by atoms with Gasteiger partial charge in [-0.15, -0.1) is 0 Å². The van der Waals surface area contributed by atoms with Gasteiger partial charge in [0.05, 0.1) is 4.90 Å². The van der Waals surface area contributed by atoms with Crippen LogP contribution in [0.15, 0.2) is 35.2 Å². The number of halogens is 1. The van der Waals surface area contributed by atoms with Crippen LogP contribution in [0.4, 0.5) is 4.39 Å². The van der Waals surface area contributed by atoms with E-state index in [0.29, 0.717) is 16.3 Å². The van der Waals surface area contributed by atoms with Crippen LogP contribution in [0.3, 0.4) is 0 Å². The summed E-state index contributed by atoms with van der Waals surface area (Å²) < 4.78 is 41.4. The molecule has 108 valence electrons. The molecule has 1 N–H and O–H groups in total. The monoisotopic (exact) mass is 295 g/mol. The predicted octanol–water partition coefficient (Wildman–Crippen LogP) is 3.36. The number of fused-ring (bicyclic) bond motifs is 1. The fourth-order valence-electron chi connectivity index (χ4n) is 2.20. The molecule has 0 aromatic heterocycles. The van der Waals surface area contributed by atoms with Crippen molar-refractivity contribution in [2.45, 2.75) is 38.1 Å². The molecule has 0 aliphatic carbocycles. The normalized spacial score (nSPS) is 12.8. The van der Waals surface area contributed by atoms with Gasteiger partial charge in [0, 0.05) is 16.3 Å². The molecule has 20 heavy (non-hydrogen) atoms. The SMILES string of the molecule is Cc1ccc(S(=O)(=O)NC(C)(C)C)c2cccc(F)c12. The fourth-order valence-corrected chi connectivity index (χ4v) is 3.82. The second-order valence-electron chi connectivity index (χ2n) is 5.90. The molecule has 0 fully saturated rings. The fraction of sp³-hybridized carbons (Fsp3) is 0.333. The van der Waals surface area contributed by atoms with E-state index in [4.69, 9.17) is 0 Å². The topological polar surface area (TPSA) is 46.2 Å². The first kappa shape index (κ1) is 14.9. The molecule has 0 saturated heterocycles. The Balaban J connectivity index is 2.74. The summed E-state index contributed by atoms with van der Waals surface area (Å²) in [6.07, 6.45) is 0. The van der Waals surface area contributed by atoms with Gasteiger partial charge < -0.3 is 0 Å². The molecule has 0 unspecified atom stereocenters. The van der Waals surface area contributed by atoms with E-state index in [1.807, 2.05) is 0 Å². The van der Waals surface area contributed by atoms with Crippen LogP contribution >= 0.6 is 0 Å². The van der Waals surface area contributed by atoms with E-state index >= 15 is 0 Å². The van der Waals surface area contributed by atoms with Gasteiger partial charge in [-0.3, -0.25) is 0 Å². The Labute approximate surface area is 118 Å². The molecule has 5 heteroatoms. The average Bonchev–Trinajstić information content (AvgIpc) is 2.25. The first-order valence-corrected chi connectivity index (χ1v) is 7.82. The predicted molar refractivity (Wildman–Crippen MR) is 78.7 cm³/mol. The zero-order valence-electron chi connectivity index (χ0n) is 12.0. The number of aryl methyl sites for hydroxylation is 1. The quantitative estimate of drug-likeness (QED) is 0.923. The molecule has 3 nitrogen and oxygen atoms in total. The van der Waals surface area contributed by atoms with E-state index in [0.717, 1.165) is 0 Å². The second-order valence-corrected chi connectivity index (χ2v) is 7.55. The maximum atomic E-state index is 13.9. The molecule has 2 aromatic carbocycles. The molecule has 2 rings (SSSR count). The maximum Gasteiger partial charge on any atom is 0.241 e. The van der Waals surface area contributed by atoms with Gasteiger partial charge in [0.2, 0.25) is 10.0 Å². The van der Waals surface area contributed by atoms with E-state index in [1.54, 1.807) is 39.8 Å². The van der Waals surface area contributed by atoms with E-state index in [9.17, 15) is 12.8 Å². The third-order valence-corrected chi connectivity index (χ3v) is 4.70. The number of hydrogen-bond acceptors (Lipinski definition) is 2. The van der Waals surface area contributed by atoms with Crippen molar-refractivity contribution in [2.24, 2.45) is 0 Å². The molecule has 0 radical (unpaired) electrons. The first-order chi connectivity index (χ1) is 9.12. The van der Waals surface area contributed by atoms with Crippen molar-refractivity contribution in [3.8, 4) is 0 Å². The van der Waals surface area contributed by atoms with E-state index in [1.165, 1.54) is 18.2 Å². The van der Waals surface area contributed by atoms with Crippen LogP contribution in [-0.4, -0.2) is 14.0 Å². The standard InChI is InChI=1S/C15H18FNO2S/c1-10-8-9-13(20(18,19)17-15(2,3)4)11-6-5-7-12(16)14(10)11/h5-9,17H,1-4H3.